The van der Waals surface area contributed by atoms with E-state index in [1.165, 1.54) is 0 Å². The minimum atomic E-state index is -0.842. The van der Waals surface area contributed by atoms with Crippen LogP contribution in [0.5, 0.6) is 0 Å². The Kier molecular flexibility index (Phi) is 5.32. The molecular weight excluding hydrogens is 308 g/mol. The van der Waals surface area contributed by atoms with Crippen LogP contribution in [0.25, 0.3) is 0 Å². The highest BCUT2D eigenvalue weighted by Gasteiger charge is 2.42. The molecule has 128 valence electrons. The van der Waals surface area contributed by atoms with E-state index >= 15 is 0 Å². The Bertz CT molecular complexity index is 670. The van der Waals surface area contributed by atoms with E-state index in [0.29, 0.717) is 0 Å². The first-order valence-electron chi connectivity index (χ1n) is 8.66. The summed E-state index contributed by atoms with van der Waals surface area (Å²) >= 11 is 0. The summed E-state index contributed by atoms with van der Waals surface area (Å²) in [5, 5.41) is 9.90. The molecule has 0 saturated heterocycles. The van der Waals surface area contributed by atoms with Crippen molar-refractivity contribution in [2.75, 3.05) is 0 Å². The van der Waals surface area contributed by atoms with Gasteiger partial charge in [0.2, 0.25) is 0 Å². The van der Waals surface area contributed by atoms with E-state index in [1.54, 1.807) is 6.92 Å². The van der Waals surface area contributed by atoms with E-state index in [9.17, 15) is 5.11 Å². The Labute approximate surface area is 149 Å². The number of hydrogen-bond acceptors (Lipinski definition) is 2. The maximum absolute atomic E-state index is 9.90. The zero-order valence-electron chi connectivity index (χ0n) is 14.7. The third-order valence-corrected chi connectivity index (χ3v) is 4.70. The molecule has 3 aromatic rings. The van der Waals surface area contributed by atoms with Gasteiger partial charge in [-0.15, -0.1) is 0 Å². The fourth-order valence-corrected chi connectivity index (χ4v) is 3.70. The Morgan fingerprint density at radius 1 is 0.640 bits per heavy atom. The molecule has 2 atom stereocenters. The van der Waals surface area contributed by atoms with E-state index in [4.69, 9.17) is 4.74 Å². The average molecular weight is 332 g/mol. The van der Waals surface area contributed by atoms with E-state index < -0.39 is 11.7 Å². The SMILES string of the molecule is CC(O)OC(C)C(c1ccccc1)(c1ccccc1)c1ccccc1. The molecule has 3 rings (SSSR count). The Balaban J connectivity index is 2.31. The lowest BCUT2D eigenvalue weighted by Crippen LogP contribution is -2.43. The second-order valence-corrected chi connectivity index (χ2v) is 6.28. The summed E-state index contributed by atoms with van der Waals surface area (Å²) in [6.07, 6.45) is -1.11. The molecule has 0 aliphatic rings. The molecule has 0 amide bonds. The third kappa shape index (κ3) is 3.37. The van der Waals surface area contributed by atoms with E-state index in [-0.39, 0.29) is 6.10 Å². The summed E-state index contributed by atoms with van der Waals surface area (Å²) in [7, 11) is 0. The van der Waals surface area contributed by atoms with Crippen molar-refractivity contribution in [2.45, 2.75) is 31.7 Å². The monoisotopic (exact) mass is 332 g/mol. The lowest BCUT2D eigenvalue weighted by molar-refractivity contribution is -0.130. The van der Waals surface area contributed by atoms with E-state index in [0.717, 1.165) is 16.7 Å². The first-order chi connectivity index (χ1) is 12.2. The van der Waals surface area contributed by atoms with Gasteiger partial charge >= 0.3 is 0 Å². The van der Waals surface area contributed by atoms with Crippen molar-refractivity contribution in [3.63, 3.8) is 0 Å². The average Bonchev–Trinajstić information content (AvgIpc) is 2.64. The van der Waals surface area contributed by atoms with Crippen LogP contribution in [0.15, 0.2) is 91.0 Å². The Morgan fingerprint density at radius 3 is 1.24 bits per heavy atom. The fourth-order valence-electron chi connectivity index (χ4n) is 3.70. The van der Waals surface area contributed by atoms with Gasteiger partial charge in [0.15, 0.2) is 6.29 Å². The molecule has 0 radical (unpaired) electrons. The first kappa shape index (κ1) is 17.4. The topological polar surface area (TPSA) is 29.5 Å². The zero-order valence-corrected chi connectivity index (χ0v) is 14.7. The van der Waals surface area contributed by atoms with Crippen LogP contribution in [0.3, 0.4) is 0 Å². The predicted octanol–water partition coefficient (Wildman–Crippen LogP) is 4.76. The second kappa shape index (κ2) is 7.64. The van der Waals surface area contributed by atoms with Gasteiger partial charge in [-0.1, -0.05) is 91.0 Å². The predicted molar refractivity (Wildman–Crippen MR) is 101 cm³/mol. The van der Waals surface area contributed by atoms with Crippen LogP contribution in [0.4, 0.5) is 0 Å². The van der Waals surface area contributed by atoms with Crippen LogP contribution in [0.2, 0.25) is 0 Å². The molecule has 2 nitrogen and oxygen atoms in total. The lowest BCUT2D eigenvalue weighted by atomic mass is 9.66. The van der Waals surface area contributed by atoms with Crippen molar-refractivity contribution in [1.29, 1.82) is 0 Å². The molecule has 0 fully saturated rings. The molecule has 0 heterocycles. The van der Waals surface area contributed by atoms with Gasteiger partial charge in [0.1, 0.15) is 0 Å². The molecule has 2 unspecified atom stereocenters. The van der Waals surface area contributed by atoms with Crippen LogP contribution in [0.1, 0.15) is 30.5 Å². The normalized spacial score (nSPS) is 14.0. The minimum absolute atomic E-state index is 0.264. The zero-order chi connectivity index (χ0) is 17.7. The van der Waals surface area contributed by atoms with Crippen LogP contribution in [-0.2, 0) is 10.2 Å². The third-order valence-electron chi connectivity index (χ3n) is 4.70. The molecule has 25 heavy (non-hydrogen) atoms. The summed E-state index contributed by atoms with van der Waals surface area (Å²) in [5.41, 5.74) is 2.91. The van der Waals surface area contributed by atoms with E-state index in [1.807, 2.05) is 61.5 Å². The van der Waals surface area contributed by atoms with Crippen LogP contribution >= 0.6 is 0 Å². The lowest BCUT2D eigenvalue weighted by Gasteiger charge is -2.41. The maximum atomic E-state index is 9.90. The van der Waals surface area contributed by atoms with Crippen molar-refractivity contribution in [3.05, 3.63) is 108 Å². The highest BCUT2D eigenvalue weighted by molar-refractivity contribution is 5.51. The number of aliphatic hydroxyl groups is 1. The van der Waals surface area contributed by atoms with E-state index in [2.05, 4.69) is 36.4 Å². The van der Waals surface area contributed by atoms with Crippen molar-refractivity contribution in [2.24, 2.45) is 0 Å². The molecule has 1 N–H and O–H groups in total. The Hall–Kier alpha value is -2.42. The van der Waals surface area contributed by atoms with Gasteiger partial charge in [-0.2, -0.15) is 0 Å². The molecule has 0 aliphatic heterocycles. The van der Waals surface area contributed by atoms with Crippen molar-refractivity contribution >= 4 is 0 Å². The summed E-state index contributed by atoms with van der Waals surface area (Å²) in [5.74, 6) is 0. The molecule has 0 saturated carbocycles. The standard InChI is InChI=1S/C23H24O2/c1-18(25-19(2)24)23(20-12-6-3-7-13-20,21-14-8-4-9-15-21)22-16-10-5-11-17-22/h3-19,24H,1-2H3. The van der Waals surface area contributed by atoms with Crippen LogP contribution < -0.4 is 0 Å². The van der Waals surface area contributed by atoms with Gasteiger partial charge in [0.05, 0.1) is 11.5 Å². The van der Waals surface area contributed by atoms with Crippen LogP contribution in [0, 0.1) is 0 Å². The van der Waals surface area contributed by atoms with Gasteiger partial charge < -0.3 is 9.84 Å². The number of rotatable bonds is 6. The minimum Gasteiger partial charge on any atom is -0.368 e. The van der Waals surface area contributed by atoms with Gasteiger partial charge in [-0.25, -0.2) is 0 Å². The smallest absolute Gasteiger partial charge is 0.152 e. The van der Waals surface area contributed by atoms with Gasteiger partial charge in [0.25, 0.3) is 0 Å². The molecule has 0 bridgehead atoms. The van der Waals surface area contributed by atoms with Gasteiger partial charge in [-0.3, -0.25) is 0 Å². The largest absolute Gasteiger partial charge is 0.368 e. The highest BCUT2D eigenvalue weighted by Crippen LogP contribution is 2.43. The highest BCUT2D eigenvalue weighted by atomic mass is 16.6. The first-order valence-corrected chi connectivity index (χ1v) is 8.66. The molecule has 0 aromatic heterocycles. The van der Waals surface area contributed by atoms with Crippen molar-refractivity contribution in [3.8, 4) is 0 Å². The number of hydrogen-bond donors (Lipinski definition) is 1. The number of benzene rings is 3. The molecule has 0 aliphatic carbocycles. The molecule has 2 heteroatoms. The van der Waals surface area contributed by atoms with Crippen molar-refractivity contribution < 1.29 is 9.84 Å². The maximum Gasteiger partial charge on any atom is 0.152 e. The second-order valence-electron chi connectivity index (χ2n) is 6.28. The molecule has 3 aromatic carbocycles. The van der Waals surface area contributed by atoms with Crippen molar-refractivity contribution in [1.82, 2.24) is 0 Å². The molecular formula is C23H24O2. The Morgan fingerprint density at radius 2 is 0.960 bits per heavy atom. The molecule has 0 spiro atoms. The summed E-state index contributed by atoms with van der Waals surface area (Å²) in [4.78, 5) is 0. The van der Waals surface area contributed by atoms with Gasteiger partial charge in [0, 0.05) is 0 Å². The summed E-state index contributed by atoms with van der Waals surface area (Å²) in [6, 6.07) is 31.1. The van der Waals surface area contributed by atoms with Gasteiger partial charge in [-0.05, 0) is 30.5 Å². The summed E-state index contributed by atoms with van der Waals surface area (Å²) in [6.45, 7) is 3.68. The number of ether oxygens (including phenoxy) is 1. The van der Waals surface area contributed by atoms with Crippen LogP contribution in [-0.4, -0.2) is 17.5 Å². The number of aliphatic hydroxyl groups excluding tert-OH is 1. The summed E-state index contributed by atoms with van der Waals surface area (Å²) < 4.78 is 5.93. The fraction of sp³-hybridized carbons (Fsp3) is 0.217. The quantitative estimate of drug-likeness (QED) is 0.521.